The van der Waals surface area contributed by atoms with Gasteiger partial charge in [0.1, 0.15) is 0 Å². The van der Waals surface area contributed by atoms with E-state index in [9.17, 15) is 0 Å². The molecular formula is C14H20N4O2. The molecule has 20 heavy (non-hydrogen) atoms. The van der Waals surface area contributed by atoms with Crippen molar-refractivity contribution in [3.8, 4) is 11.5 Å². The highest BCUT2D eigenvalue weighted by atomic mass is 16.5. The van der Waals surface area contributed by atoms with Gasteiger partial charge in [-0.3, -0.25) is 4.98 Å². The van der Waals surface area contributed by atoms with E-state index in [0.717, 1.165) is 23.4 Å². The number of nitrogens with two attached hydrogens (primary N) is 1. The van der Waals surface area contributed by atoms with Crippen LogP contribution in [-0.2, 0) is 4.74 Å². The molecule has 1 atom stereocenters. The minimum absolute atomic E-state index is 0.377. The van der Waals surface area contributed by atoms with Crippen LogP contribution < -0.4 is 5.73 Å². The van der Waals surface area contributed by atoms with Gasteiger partial charge in [-0.2, -0.15) is 4.98 Å². The molecule has 0 saturated heterocycles. The summed E-state index contributed by atoms with van der Waals surface area (Å²) >= 11 is 0. The van der Waals surface area contributed by atoms with E-state index in [0.29, 0.717) is 24.9 Å². The van der Waals surface area contributed by atoms with Crippen LogP contribution in [0.25, 0.3) is 11.5 Å². The molecule has 0 amide bonds. The maximum Gasteiger partial charge on any atom is 0.259 e. The van der Waals surface area contributed by atoms with Crippen LogP contribution in [0.2, 0.25) is 0 Å². The zero-order valence-corrected chi connectivity index (χ0v) is 12.1. The van der Waals surface area contributed by atoms with Gasteiger partial charge in [0.05, 0.1) is 23.9 Å². The Morgan fingerprint density at radius 2 is 2.10 bits per heavy atom. The Balaban J connectivity index is 2.12. The summed E-state index contributed by atoms with van der Waals surface area (Å²) in [5.41, 5.74) is 8.61. The fraction of sp³-hybridized carbons (Fsp3) is 0.500. The molecule has 6 nitrogen and oxygen atoms in total. The van der Waals surface area contributed by atoms with Gasteiger partial charge in [0.25, 0.3) is 5.89 Å². The van der Waals surface area contributed by atoms with Crippen LogP contribution in [0.3, 0.4) is 0 Å². The lowest BCUT2D eigenvalue weighted by Crippen LogP contribution is -2.18. The van der Waals surface area contributed by atoms with E-state index < -0.39 is 0 Å². The van der Waals surface area contributed by atoms with Gasteiger partial charge in [0, 0.05) is 12.3 Å². The molecule has 0 aliphatic carbocycles. The van der Waals surface area contributed by atoms with Crippen molar-refractivity contribution in [2.45, 2.75) is 33.2 Å². The number of rotatable bonds is 6. The van der Waals surface area contributed by atoms with Gasteiger partial charge in [-0.1, -0.05) is 12.1 Å². The quantitative estimate of drug-likeness (QED) is 0.814. The molecule has 1 unspecified atom stereocenters. The summed E-state index contributed by atoms with van der Waals surface area (Å²) in [6, 6.07) is 3.46. The number of nitrogens with zero attached hydrogens (tertiary/aromatic N) is 3. The topological polar surface area (TPSA) is 87.1 Å². The minimum atomic E-state index is -0.377. The number of hydrogen-bond donors (Lipinski definition) is 1. The van der Waals surface area contributed by atoms with E-state index in [4.69, 9.17) is 15.0 Å². The minimum Gasteiger partial charge on any atom is -0.379 e. The Morgan fingerprint density at radius 1 is 1.30 bits per heavy atom. The molecule has 0 fully saturated rings. The Hall–Kier alpha value is -1.79. The Kier molecular flexibility index (Phi) is 4.81. The van der Waals surface area contributed by atoms with E-state index in [1.165, 1.54) is 0 Å². The van der Waals surface area contributed by atoms with Crippen molar-refractivity contribution >= 4 is 0 Å². The second kappa shape index (κ2) is 6.58. The molecular weight excluding hydrogens is 256 g/mol. The van der Waals surface area contributed by atoms with Gasteiger partial charge in [-0.15, -0.1) is 0 Å². The normalized spacial score (nSPS) is 12.6. The van der Waals surface area contributed by atoms with Crippen molar-refractivity contribution < 1.29 is 9.26 Å². The SMILES string of the molecule is CCCOCC(N)c1noc(-c2ccc(C)nc2C)n1. The van der Waals surface area contributed by atoms with Gasteiger partial charge in [0.15, 0.2) is 5.82 Å². The predicted molar refractivity (Wildman–Crippen MR) is 75.0 cm³/mol. The van der Waals surface area contributed by atoms with E-state index in [2.05, 4.69) is 15.1 Å². The first-order valence-electron chi connectivity index (χ1n) is 6.73. The average molecular weight is 276 g/mol. The first-order valence-corrected chi connectivity index (χ1v) is 6.73. The highest BCUT2D eigenvalue weighted by molar-refractivity contribution is 5.55. The summed E-state index contributed by atoms with van der Waals surface area (Å²) in [6.45, 7) is 6.97. The highest BCUT2D eigenvalue weighted by Crippen LogP contribution is 2.21. The third kappa shape index (κ3) is 3.40. The third-order valence-electron chi connectivity index (χ3n) is 2.87. The van der Waals surface area contributed by atoms with Gasteiger partial charge in [0.2, 0.25) is 0 Å². The van der Waals surface area contributed by atoms with Gasteiger partial charge < -0.3 is 15.0 Å². The fourth-order valence-corrected chi connectivity index (χ4v) is 1.84. The smallest absolute Gasteiger partial charge is 0.259 e. The zero-order valence-electron chi connectivity index (χ0n) is 12.1. The summed E-state index contributed by atoms with van der Waals surface area (Å²) in [4.78, 5) is 8.71. The van der Waals surface area contributed by atoms with Crippen LogP contribution in [-0.4, -0.2) is 28.3 Å². The van der Waals surface area contributed by atoms with E-state index in [1.54, 1.807) is 0 Å². The molecule has 2 aromatic heterocycles. The molecule has 0 radical (unpaired) electrons. The first kappa shape index (κ1) is 14.6. The Bertz CT molecular complexity index is 568. The Labute approximate surface area is 118 Å². The maximum atomic E-state index is 5.96. The van der Waals surface area contributed by atoms with E-state index >= 15 is 0 Å². The number of aromatic nitrogens is 3. The van der Waals surface area contributed by atoms with Crippen molar-refractivity contribution in [2.75, 3.05) is 13.2 Å². The molecule has 2 N–H and O–H groups in total. The van der Waals surface area contributed by atoms with E-state index in [1.807, 2.05) is 32.9 Å². The molecule has 0 aromatic carbocycles. The third-order valence-corrected chi connectivity index (χ3v) is 2.87. The lowest BCUT2D eigenvalue weighted by Gasteiger charge is -2.06. The van der Waals surface area contributed by atoms with Crippen LogP contribution >= 0.6 is 0 Å². The van der Waals surface area contributed by atoms with Crippen LogP contribution in [0.15, 0.2) is 16.7 Å². The Morgan fingerprint density at radius 3 is 2.80 bits per heavy atom. The van der Waals surface area contributed by atoms with Crippen LogP contribution in [0.1, 0.15) is 36.6 Å². The highest BCUT2D eigenvalue weighted by Gasteiger charge is 2.17. The van der Waals surface area contributed by atoms with Crippen molar-refractivity contribution in [3.05, 3.63) is 29.3 Å². The molecule has 2 heterocycles. The van der Waals surface area contributed by atoms with E-state index in [-0.39, 0.29) is 6.04 Å². The fourth-order valence-electron chi connectivity index (χ4n) is 1.84. The maximum absolute atomic E-state index is 5.96. The lowest BCUT2D eigenvalue weighted by atomic mass is 10.2. The molecule has 2 aromatic rings. The van der Waals surface area contributed by atoms with Gasteiger partial charge in [-0.05, 0) is 32.4 Å². The van der Waals surface area contributed by atoms with Gasteiger partial charge in [-0.25, -0.2) is 0 Å². The summed E-state index contributed by atoms with van der Waals surface area (Å²) in [6.07, 6.45) is 0.957. The average Bonchev–Trinajstić information content (AvgIpc) is 2.88. The second-order valence-corrected chi connectivity index (χ2v) is 4.72. The number of aryl methyl sites for hydroxylation is 2. The molecule has 0 saturated carbocycles. The molecule has 0 spiro atoms. The van der Waals surface area contributed by atoms with Crippen molar-refractivity contribution in [3.63, 3.8) is 0 Å². The van der Waals surface area contributed by atoms with Crippen LogP contribution in [0.5, 0.6) is 0 Å². The predicted octanol–water partition coefficient (Wildman–Crippen LogP) is 2.17. The first-order chi connectivity index (χ1) is 9.61. The second-order valence-electron chi connectivity index (χ2n) is 4.72. The molecule has 0 aliphatic rings. The standard InChI is InChI=1S/C14H20N4O2/c1-4-7-19-8-12(15)13-17-14(20-18-13)11-6-5-9(2)16-10(11)3/h5-6,12H,4,7-8,15H2,1-3H3. The largest absolute Gasteiger partial charge is 0.379 e. The molecule has 6 heteroatoms. The summed E-state index contributed by atoms with van der Waals surface area (Å²) in [7, 11) is 0. The van der Waals surface area contributed by atoms with Crippen LogP contribution in [0, 0.1) is 13.8 Å². The molecule has 0 aliphatic heterocycles. The monoisotopic (exact) mass is 276 g/mol. The molecule has 0 bridgehead atoms. The summed E-state index contributed by atoms with van der Waals surface area (Å²) < 4.78 is 10.7. The molecule has 2 rings (SSSR count). The number of ether oxygens (including phenoxy) is 1. The lowest BCUT2D eigenvalue weighted by molar-refractivity contribution is 0.119. The van der Waals surface area contributed by atoms with Crippen molar-refractivity contribution in [2.24, 2.45) is 5.73 Å². The zero-order chi connectivity index (χ0) is 14.5. The van der Waals surface area contributed by atoms with Gasteiger partial charge >= 0.3 is 0 Å². The van der Waals surface area contributed by atoms with Crippen LogP contribution in [0.4, 0.5) is 0 Å². The summed E-state index contributed by atoms with van der Waals surface area (Å²) in [5, 5.41) is 3.92. The van der Waals surface area contributed by atoms with Crippen molar-refractivity contribution in [1.29, 1.82) is 0 Å². The number of pyridine rings is 1. The summed E-state index contributed by atoms with van der Waals surface area (Å²) in [5.74, 6) is 0.895. The van der Waals surface area contributed by atoms with Crippen molar-refractivity contribution in [1.82, 2.24) is 15.1 Å². The molecule has 108 valence electrons. The number of hydrogen-bond acceptors (Lipinski definition) is 6.